The minimum atomic E-state index is 0.219. The molecule has 1 aliphatic heterocycles. The number of rotatable bonds is 4. The number of aromatic nitrogens is 4. The average molecular weight is 335 g/mol. The van der Waals surface area contributed by atoms with Crippen molar-refractivity contribution < 1.29 is 4.79 Å². The standard InChI is InChI=1S/C19H21N5O/c25-18(8-5-14-3-1-9-20-11-14)24-10-2-4-16(13-24)17-7-6-15-12-21-23-19(15)22-17/h1,3,6-7,9,11-12,16H,2,4-5,8,10,13H2,(H,21,22,23)/t16-/m1/s1. The van der Waals surface area contributed by atoms with Gasteiger partial charge < -0.3 is 4.90 Å². The number of aryl methyl sites for hydroxylation is 1. The fourth-order valence-corrected chi connectivity index (χ4v) is 3.47. The van der Waals surface area contributed by atoms with Crippen molar-refractivity contribution in [1.82, 2.24) is 25.1 Å². The van der Waals surface area contributed by atoms with E-state index in [4.69, 9.17) is 0 Å². The van der Waals surface area contributed by atoms with Crippen molar-refractivity contribution in [2.24, 2.45) is 0 Å². The van der Waals surface area contributed by atoms with Crippen molar-refractivity contribution >= 4 is 16.9 Å². The summed E-state index contributed by atoms with van der Waals surface area (Å²) in [4.78, 5) is 23.4. The van der Waals surface area contributed by atoms with Crippen LogP contribution in [0.5, 0.6) is 0 Å². The van der Waals surface area contributed by atoms with E-state index >= 15 is 0 Å². The molecule has 1 fully saturated rings. The highest BCUT2D eigenvalue weighted by Gasteiger charge is 2.25. The molecule has 0 saturated carbocycles. The molecule has 6 heteroatoms. The summed E-state index contributed by atoms with van der Waals surface area (Å²) < 4.78 is 0. The number of pyridine rings is 2. The Labute approximate surface area is 146 Å². The van der Waals surface area contributed by atoms with E-state index in [1.165, 1.54) is 0 Å². The van der Waals surface area contributed by atoms with Crippen LogP contribution < -0.4 is 0 Å². The maximum atomic E-state index is 12.6. The smallest absolute Gasteiger partial charge is 0.222 e. The highest BCUT2D eigenvalue weighted by Crippen LogP contribution is 2.27. The molecule has 128 valence electrons. The van der Waals surface area contributed by atoms with Crippen LogP contribution >= 0.6 is 0 Å². The van der Waals surface area contributed by atoms with Crippen molar-refractivity contribution in [1.29, 1.82) is 0 Å². The van der Waals surface area contributed by atoms with E-state index in [9.17, 15) is 4.79 Å². The third kappa shape index (κ3) is 3.52. The molecule has 0 unspecified atom stereocenters. The third-order valence-corrected chi connectivity index (χ3v) is 4.86. The van der Waals surface area contributed by atoms with Crippen LogP contribution in [0.15, 0.2) is 42.9 Å². The Hall–Kier alpha value is -2.76. The summed E-state index contributed by atoms with van der Waals surface area (Å²) in [5.41, 5.74) is 2.97. The van der Waals surface area contributed by atoms with Crippen LogP contribution in [0.25, 0.3) is 11.0 Å². The van der Waals surface area contributed by atoms with Gasteiger partial charge in [-0.2, -0.15) is 5.10 Å². The van der Waals surface area contributed by atoms with Crippen molar-refractivity contribution in [3.63, 3.8) is 0 Å². The zero-order valence-electron chi connectivity index (χ0n) is 14.1. The molecule has 3 aromatic heterocycles. The van der Waals surface area contributed by atoms with Gasteiger partial charge in [0.2, 0.25) is 5.91 Å². The molecule has 3 aromatic rings. The second kappa shape index (κ2) is 7.01. The van der Waals surface area contributed by atoms with Gasteiger partial charge in [0.25, 0.3) is 0 Å². The van der Waals surface area contributed by atoms with E-state index in [0.29, 0.717) is 12.3 Å². The molecule has 6 nitrogen and oxygen atoms in total. The summed E-state index contributed by atoms with van der Waals surface area (Å²) in [6.45, 7) is 1.59. The van der Waals surface area contributed by atoms with Crippen LogP contribution in [-0.4, -0.2) is 44.1 Å². The fourth-order valence-electron chi connectivity index (χ4n) is 3.47. The first kappa shape index (κ1) is 15.7. The lowest BCUT2D eigenvalue weighted by atomic mass is 9.93. The van der Waals surface area contributed by atoms with Crippen LogP contribution in [0.1, 0.15) is 36.4 Å². The van der Waals surface area contributed by atoms with Gasteiger partial charge in [-0.15, -0.1) is 0 Å². The first-order chi connectivity index (χ1) is 12.3. The maximum absolute atomic E-state index is 12.6. The maximum Gasteiger partial charge on any atom is 0.222 e. The summed E-state index contributed by atoms with van der Waals surface area (Å²) in [6.07, 6.45) is 8.73. The number of aromatic amines is 1. The van der Waals surface area contributed by atoms with Gasteiger partial charge >= 0.3 is 0 Å². The second-order valence-electron chi connectivity index (χ2n) is 6.58. The number of piperidine rings is 1. The lowest BCUT2D eigenvalue weighted by Crippen LogP contribution is -2.39. The molecule has 0 bridgehead atoms. The highest BCUT2D eigenvalue weighted by atomic mass is 16.2. The summed E-state index contributed by atoms with van der Waals surface area (Å²) in [6, 6.07) is 8.04. The molecular weight excluding hydrogens is 314 g/mol. The quantitative estimate of drug-likeness (QED) is 0.795. The Morgan fingerprint density at radius 3 is 3.12 bits per heavy atom. The van der Waals surface area contributed by atoms with Gasteiger partial charge in [-0.05, 0) is 43.0 Å². The SMILES string of the molecule is O=C(CCc1cccnc1)N1CCC[C@@H](c2ccc3cn[nH]c3n2)C1. The number of carbonyl (C=O) groups excluding carboxylic acids is 1. The predicted molar refractivity (Wildman–Crippen MR) is 95.0 cm³/mol. The summed E-state index contributed by atoms with van der Waals surface area (Å²) in [5.74, 6) is 0.514. The van der Waals surface area contributed by atoms with E-state index in [0.717, 1.165) is 54.6 Å². The van der Waals surface area contributed by atoms with Gasteiger partial charge in [0.05, 0.1) is 6.20 Å². The summed E-state index contributed by atoms with van der Waals surface area (Å²) in [5, 5.41) is 7.97. The number of H-pyrrole nitrogens is 1. The Morgan fingerprint density at radius 2 is 2.24 bits per heavy atom. The van der Waals surface area contributed by atoms with Crippen molar-refractivity contribution in [2.75, 3.05) is 13.1 Å². The van der Waals surface area contributed by atoms with Gasteiger partial charge in [0.15, 0.2) is 5.65 Å². The van der Waals surface area contributed by atoms with E-state index in [1.807, 2.05) is 29.3 Å². The first-order valence-electron chi connectivity index (χ1n) is 8.76. The van der Waals surface area contributed by atoms with Crippen LogP contribution in [0, 0.1) is 0 Å². The Kier molecular flexibility index (Phi) is 4.41. The molecular formula is C19H21N5O. The molecule has 1 atom stereocenters. The van der Waals surface area contributed by atoms with Gasteiger partial charge in [0, 0.05) is 48.9 Å². The van der Waals surface area contributed by atoms with Crippen LogP contribution in [0.4, 0.5) is 0 Å². The van der Waals surface area contributed by atoms with Gasteiger partial charge in [-0.25, -0.2) is 4.98 Å². The molecule has 1 amide bonds. The van der Waals surface area contributed by atoms with E-state index in [-0.39, 0.29) is 5.91 Å². The van der Waals surface area contributed by atoms with Crippen molar-refractivity contribution in [3.8, 4) is 0 Å². The number of hydrogen-bond donors (Lipinski definition) is 1. The molecule has 0 spiro atoms. The van der Waals surface area contributed by atoms with Crippen molar-refractivity contribution in [2.45, 2.75) is 31.6 Å². The minimum absolute atomic E-state index is 0.219. The fraction of sp³-hybridized carbons (Fsp3) is 0.368. The number of amides is 1. The van der Waals surface area contributed by atoms with E-state index < -0.39 is 0 Å². The molecule has 1 N–H and O–H groups in total. The Balaban J connectivity index is 1.40. The average Bonchev–Trinajstić information content (AvgIpc) is 3.15. The highest BCUT2D eigenvalue weighted by molar-refractivity contribution is 5.77. The molecule has 0 aromatic carbocycles. The number of carbonyl (C=O) groups is 1. The van der Waals surface area contributed by atoms with Crippen LogP contribution in [0.2, 0.25) is 0 Å². The number of fused-ring (bicyclic) bond motifs is 1. The molecule has 4 heterocycles. The lowest BCUT2D eigenvalue weighted by Gasteiger charge is -2.32. The van der Waals surface area contributed by atoms with Crippen LogP contribution in [0.3, 0.4) is 0 Å². The van der Waals surface area contributed by atoms with E-state index in [1.54, 1.807) is 12.4 Å². The first-order valence-corrected chi connectivity index (χ1v) is 8.76. The number of nitrogens with one attached hydrogen (secondary N) is 1. The third-order valence-electron chi connectivity index (χ3n) is 4.86. The van der Waals surface area contributed by atoms with E-state index in [2.05, 4.69) is 26.2 Å². The zero-order valence-corrected chi connectivity index (χ0v) is 14.1. The van der Waals surface area contributed by atoms with Gasteiger partial charge in [-0.1, -0.05) is 6.07 Å². The zero-order chi connectivity index (χ0) is 17.1. The molecule has 1 aliphatic rings. The molecule has 0 radical (unpaired) electrons. The topological polar surface area (TPSA) is 74.8 Å². The Morgan fingerprint density at radius 1 is 1.28 bits per heavy atom. The number of nitrogens with zero attached hydrogens (tertiary/aromatic N) is 4. The number of hydrogen-bond acceptors (Lipinski definition) is 4. The minimum Gasteiger partial charge on any atom is -0.342 e. The largest absolute Gasteiger partial charge is 0.342 e. The Bertz CT molecular complexity index is 860. The number of likely N-dealkylation sites (tertiary alicyclic amines) is 1. The summed E-state index contributed by atoms with van der Waals surface area (Å²) >= 11 is 0. The molecule has 0 aliphatic carbocycles. The second-order valence-corrected chi connectivity index (χ2v) is 6.58. The van der Waals surface area contributed by atoms with Crippen LogP contribution in [-0.2, 0) is 11.2 Å². The van der Waals surface area contributed by atoms with Gasteiger partial charge in [-0.3, -0.25) is 14.9 Å². The lowest BCUT2D eigenvalue weighted by molar-refractivity contribution is -0.132. The van der Waals surface area contributed by atoms with Crippen molar-refractivity contribution in [3.05, 3.63) is 54.1 Å². The molecule has 25 heavy (non-hydrogen) atoms. The molecule has 1 saturated heterocycles. The normalized spacial score (nSPS) is 17.8. The monoisotopic (exact) mass is 335 g/mol. The van der Waals surface area contributed by atoms with Gasteiger partial charge in [0.1, 0.15) is 0 Å². The predicted octanol–water partition coefficient (Wildman–Crippen LogP) is 2.69. The summed E-state index contributed by atoms with van der Waals surface area (Å²) in [7, 11) is 0. The molecule has 4 rings (SSSR count).